The van der Waals surface area contributed by atoms with E-state index in [1.54, 1.807) is 0 Å². The van der Waals surface area contributed by atoms with Crippen LogP contribution in [0.2, 0.25) is 0 Å². The van der Waals surface area contributed by atoms with E-state index in [-0.39, 0.29) is 18.0 Å². The Kier molecular flexibility index (Phi) is 3.19. The summed E-state index contributed by atoms with van der Waals surface area (Å²) in [4.78, 5) is 12.1. The maximum Gasteiger partial charge on any atom is 0.237 e. The third-order valence-corrected chi connectivity index (χ3v) is 3.64. The topological polar surface area (TPSA) is 50.4 Å². The van der Waals surface area contributed by atoms with Gasteiger partial charge in [-0.3, -0.25) is 4.79 Å². The molecule has 4 nitrogen and oxygen atoms in total. The van der Waals surface area contributed by atoms with Gasteiger partial charge < -0.3 is 15.4 Å². The third kappa shape index (κ3) is 2.20. The van der Waals surface area contributed by atoms with E-state index in [2.05, 4.69) is 10.6 Å². The van der Waals surface area contributed by atoms with Crippen molar-refractivity contribution in [2.45, 2.75) is 31.3 Å². The first kappa shape index (κ1) is 11.5. The molecule has 96 valence electrons. The Morgan fingerprint density at radius 3 is 3.06 bits per heavy atom. The highest BCUT2D eigenvalue weighted by atomic mass is 16.5. The van der Waals surface area contributed by atoms with Crippen LogP contribution in [-0.2, 0) is 4.79 Å². The lowest BCUT2D eigenvalue weighted by Crippen LogP contribution is -2.47. The number of hydrogen-bond acceptors (Lipinski definition) is 3. The van der Waals surface area contributed by atoms with Gasteiger partial charge in [-0.15, -0.1) is 0 Å². The number of piperidine rings is 1. The van der Waals surface area contributed by atoms with Crippen molar-refractivity contribution < 1.29 is 9.53 Å². The summed E-state index contributed by atoms with van der Waals surface area (Å²) >= 11 is 0. The predicted octanol–water partition coefficient (Wildman–Crippen LogP) is 1.38. The van der Waals surface area contributed by atoms with Crippen LogP contribution in [0.4, 0.5) is 0 Å². The van der Waals surface area contributed by atoms with E-state index in [1.165, 1.54) is 6.42 Å². The standard InChI is InChI=1S/C14H18N2O2/c17-14(11-6-3-4-8-15-11)16-12-9-18-13-7-2-1-5-10(12)13/h1-2,5,7,11-12,15H,3-4,6,8-9H2,(H,16,17)/t11-,12?/m0/s1. The Labute approximate surface area is 107 Å². The van der Waals surface area contributed by atoms with Gasteiger partial charge in [0.1, 0.15) is 12.4 Å². The van der Waals surface area contributed by atoms with Gasteiger partial charge in [0.05, 0.1) is 12.1 Å². The van der Waals surface area contributed by atoms with Crippen LogP contribution in [0.1, 0.15) is 30.9 Å². The minimum absolute atomic E-state index is 0.00238. The molecule has 0 spiro atoms. The molecule has 18 heavy (non-hydrogen) atoms. The van der Waals surface area contributed by atoms with Crippen LogP contribution in [0, 0.1) is 0 Å². The molecular weight excluding hydrogens is 228 g/mol. The average Bonchev–Trinajstić information content (AvgIpc) is 2.83. The Morgan fingerprint density at radius 2 is 2.22 bits per heavy atom. The smallest absolute Gasteiger partial charge is 0.237 e. The molecule has 1 aromatic rings. The van der Waals surface area contributed by atoms with Crippen molar-refractivity contribution >= 4 is 5.91 Å². The number of amides is 1. The molecule has 0 aromatic heterocycles. The zero-order valence-electron chi connectivity index (χ0n) is 10.3. The minimum atomic E-state index is -0.0356. The normalized spacial score (nSPS) is 26.2. The molecule has 0 bridgehead atoms. The molecule has 3 rings (SSSR count). The Hall–Kier alpha value is -1.55. The summed E-state index contributed by atoms with van der Waals surface area (Å²) in [5, 5.41) is 6.34. The van der Waals surface area contributed by atoms with Crippen LogP contribution < -0.4 is 15.4 Å². The molecule has 0 saturated carbocycles. The molecule has 4 heteroatoms. The molecule has 0 radical (unpaired) electrons. The second kappa shape index (κ2) is 4.98. The summed E-state index contributed by atoms with van der Waals surface area (Å²) in [6.07, 6.45) is 3.23. The quantitative estimate of drug-likeness (QED) is 0.829. The SMILES string of the molecule is O=C(NC1COc2ccccc21)[C@@H]1CCCCN1. The fourth-order valence-electron chi connectivity index (χ4n) is 2.63. The van der Waals surface area contributed by atoms with Crippen molar-refractivity contribution in [3.63, 3.8) is 0 Å². The lowest BCUT2D eigenvalue weighted by molar-refractivity contribution is -0.124. The number of fused-ring (bicyclic) bond motifs is 1. The van der Waals surface area contributed by atoms with Crippen molar-refractivity contribution in [3.05, 3.63) is 29.8 Å². The number of benzene rings is 1. The molecule has 2 aliphatic rings. The molecular formula is C14H18N2O2. The van der Waals surface area contributed by atoms with Gasteiger partial charge in [0.2, 0.25) is 5.91 Å². The lowest BCUT2D eigenvalue weighted by Gasteiger charge is -2.24. The summed E-state index contributed by atoms with van der Waals surface area (Å²) < 4.78 is 5.56. The molecule has 0 aliphatic carbocycles. The zero-order valence-corrected chi connectivity index (χ0v) is 10.3. The summed E-state index contributed by atoms with van der Waals surface area (Å²) in [6.45, 7) is 1.48. The van der Waals surface area contributed by atoms with Gasteiger partial charge in [-0.05, 0) is 25.5 Å². The van der Waals surface area contributed by atoms with Gasteiger partial charge in [-0.25, -0.2) is 0 Å². The van der Waals surface area contributed by atoms with Crippen molar-refractivity contribution in [3.8, 4) is 5.75 Å². The zero-order chi connectivity index (χ0) is 12.4. The third-order valence-electron chi connectivity index (χ3n) is 3.64. The Bertz CT molecular complexity index is 441. The number of para-hydroxylation sites is 1. The van der Waals surface area contributed by atoms with Gasteiger partial charge in [-0.2, -0.15) is 0 Å². The van der Waals surface area contributed by atoms with Crippen LogP contribution in [0.3, 0.4) is 0 Å². The van der Waals surface area contributed by atoms with Gasteiger partial charge >= 0.3 is 0 Å². The fraction of sp³-hybridized carbons (Fsp3) is 0.500. The number of hydrogen-bond donors (Lipinski definition) is 2. The van der Waals surface area contributed by atoms with Gasteiger partial charge in [0, 0.05) is 5.56 Å². The maximum atomic E-state index is 12.1. The molecule has 1 aromatic carbocycles. The number of carbonyl (C=O) groups is 1. The van der Waals surface area contributed by atoms with Gasteiger partial charge in [-0.1, -0.05) is 24.6 Å². The largest absolute Gasteiger partial charge is 0.491 e. The van der Waals surface area contributed by atoms with E-state index >= 15 is 0 Å². The average molecular weight is 246 g/mol. The van der Waals surface area contributed by atoms with Crippen LogP contribution in [0.25, 0.3) is 0 Å². The first-order chi connectivity index (χ1) is 8.84. The predicted molar refractivity (Wildman–Crippen MR) is 68.5 cm³/mol. The van der Waals surface area contributed by atoms with Crippen molar-refractivity contribution in [1.82, 2.24) is 10.6 Å². The van der Waals surface area contributed by atoms with Crippen LogP contribution >= 0.6 is 0 Å². The van der Waals surface area contributed by atoms with E-state index in [9.17, 15) is 4.79 Å². The molecule has 2 aliphatic heterocycles. The molecule has 2 heterocycles. The molecule has 1 amide bonds. The second-order valence-electron chi connectivity index (χ2n) is 4.91. The van der Waals surface area contributed by atoms with Crippen LogP contribution in [0.15, 0.2) is 24.3 Å². The lowest BCUT2D eigenvalue weighted by atomic mass is 10.0. The highest BCUT2D eigenvalue weighted by molar-refractivity contribution is 5.82. The van der Waals surface area contributed by atoms with Crippen LogP contribution in [-0.4, -0.2) is 25.1 Å². The molecule has 1 unspecified atom stereocenters. The van der Waals surface area contributed by atoms with Gasteiger partial charge in [0.25, 0.3) is 0 Å². The van der Waals surface area contributed by atoms with Crippen molar-refractivity contribution in [2.24, 2.45) is 0 Å². The number of rotatable bonds is 2. The van der Waals surface area contributed by atoms with E-state index in [4.69, 9.17) is 4.74 Å². The molecule has 2 atom stereocenters. The Balaban J connectivity index is 1.65. The highest BCUT2D eigenvalue weighted by Gasteiger charge is 2.28. The maximum absolute atomic E-state index is 12.1. The summed E-state index contributed by atoms with van der Waals surface area (Å²) in [7, 11) is 0. The highest BCUT2D eigenvalue weighted by Crippen LogP contribution is 2.31. The van der Waals surface area contributed by atoms with Gasteiger partial charge in [0.15, 0.2) is 0 Å². The summed E-state index contributed by atoms with van der Waals surface area (Å²) in [5.41, 5.74) is 1.08. The number of carbonyl (C=O) groups excluding carboxylic acids is 1. The van der Waals surface area contributed by atoms with E-state index in [0.29, 0.717) is 6.61 Å². The number of ether oxygens (including phenoxy) is 1. The van der Waals surface area contributed by atoms with Crippen molar-refractivity contribution in [1.29, 1.82) is 0 Å². The summed E-state index contributed by atoms with van der Waals surface area (Å²) in [5.74, 6) is 0.986. The van der Waals surface area contributed by atoms with Crippen molar-refractivity contribution in [2.75, 3.05) is 13.2 Å². The van der Waals surface area contributed by atoms with E-state index in [1.807, 2.05) is 24.3 Å². The molecule has 1 fully saturated rings. The first-order valence-electron chi connectivity index (χ1n) is 6.60. The summed E-state index contributed by atoms with van der Waals surface area (Å²) in [6, 6.07) is 7.85. The first-order valence-corrected chi connectivity index (χ1v) is 6.60. The van der Waals surface area contributed by atoms with Crippen LogP contribution in [0.5, 0.6) is 5.75 Å². The minimum Gasteiger partial charge on any atom is -0.491 e. The molecule has 1 saturated heterocycles. The Morgan fingerprint density at radius 1 is 1.33 bits per heavy atom. The number of nitrogens with one attached hydrogen (secondary N) is 2. The van der Waals surface area contributed by atoms with E-state index in [0.717, 1.165) is 30.7 Å². The fourth-order valence-corrected chi connectivity index (χ4v) is 2.63. The monoisotopic (exact) mass is 246 g/mol. The van der Waals surface area contributed by atoms with E-state index < -0.39 is 0 Å². The molecule has 2 N–H and O–H groups in total. The second-order valence-corrected chi connectivity index (χ2v) is 4.91.